The van der Waals surface area contributed by atoms with Crippen molar-refractivity contribution in [2.24, 2.45) is 0 Å². The Hall–Kier alpha value is -1.30. The molecule has 1 aromatic heterocycles. The largest absolute Gasteiger partial charge is 0.253 e. The molecule has 68 valence electrons. The quantitative estimate of drug-likeness (QED) is 0.686. The first kappa shape index (κ1) is 9.26. The molecule has 0 atom stereocenters. The van der Waals surface area contributed by atoms with E-state index in [9.17, 15) is 0 Å². The lowest BCUT2D eigenvalue weighted by molar-refractivity contribution is 1.40. The van der Waals surface area contributed by atoms with Crippen LogP contribution in [0.1, 0.15) is 5.56 Å². The summed E-state index contributed by atoms with van der Waals surface area (Å²) >= 11 is 11.7. The summed E-state index contributed by atoms with van der Waals surface area (Å²) in [5, 5.41) is 10.5. The van der Waals surface area contributed by atoms with Crippen LogP contribution in [0.25, 0.3) is 10.9 Å². The van der Waals surface area contributed by atoms with Crippen LogP contribution >= 0.6 is 23.2 Å². The third-order valence-corrected chi connectivity index (χ3v) is 2.33. The summed E-state index contributed by atoms with van der Waals surface area (Å²) in [6.45, 7) is 0. The van der Waals surface area contributed by atoms with Gasteiger partial charge in [0.15, 0.2) is 0 Å². The van der Waals surface area contributed by atoms with E-state index in [-0.39, 0.29) is 0 Å². The number of benzene rings is 1. The van der Waals surface area contributed by atoms with Crippen LogP contribution in [0.15, 0.2) is 24.4 Å². The molecule has 14 heavy (non-hydrogen) atoms. The number of halogens is 2. The molecular formula is C10H4Cl2N2. The topological polar surface area (TPSA) is 36.7 Å². The highest BCUT2D eigenvalue weighted by Gasteiger charge is 2.03. The van der Waals surface area contributed by atoms with E-state index >= 15 is 0 Å². The zero-order valence-corrected chi connectivity index (χ0v) is 8.47. The van der Waals surface area contributed by atoms with Gasteiger partial charge in [-0.15, -0.1) is 0 Å². The third-order valence-electron chi connectivity index (χ3n) is 1.83. The highest BCUT2D eigenvalue weighted by molar-refractivity contribution is 6.35. The van der Waals surface area contributed by atoms with Crippen LogP contribution in [0.4, 0.5) is 0 Å². The second kappa shape index (κ2) is 3.45. The Morgan fingerprint density at radius 1 is 1.21 bits per heavy atom. The van der Waals surface area contributed by atoms with Gasteiger partial charge in [-0.2, -0.15) is 5.26 Å². The van der Waals surface area contributed by atoms with Crippen molar-refractivity contribution < 1.29 is 0 Å². The minimum atomic E-state index is 0.468. The summed E-state index contributed by atoms with van der Waals surface area (Å²) in [6, 6.07) is 7.05. The van der Waals surface area contributed by atoms with Gasteiger partial charge in [0.1, 0.15) is 0 Å². The van der Waals surface area contributed by atoms with Crippen molar-refractivity contribution in [1.82, 2.24) is 4.98 Å². The van der Waals surface area contributed by atoms with E-state index in [2.05, 4.69) is 4.98 Å². The van der Waals surface area contributed by atoms with Crippen molar-refractivity contribution in [2.45, 2.75) is 0 Å². The van der Waals surface area contributed by atoms with E-state index in [4.69, 9.17) is 28.5 Å². The molecule has 0 radical (unpaired) electrons. The summed E-state index contributed by atoms with van der Waals surface area (Å²) in [5.41, 5.74) is 1.17. The zero-order chi connectivity index (χ0) is 10.1. The maximum Gasteiger partial charge on any atom is 0.0992 e. The minimum absolute atomic E-state index is 0.468. The van der Waals surface area contributed by atoms with E-state index in [0.717, 1.165) is 5.39 Å². The number of hydrogen-bond acceptors (Lipinski definition) is 2. The van der Waals surface area contributed by atoms with Crippen molar-refractivity contribution >= 4 is 34.1 Å². The average molecular weight is 223 g/mol. The highest BCUT2D eigenvalue weighted by Crippen LogP contribution is 2.25. The smallest absolute Gasteiger partial charge is 0.0992 e. The second-order valence-electron chi connectivity index (χ2n) is 2.80. The Morgan fingerprint density at radius 3 is 2.71 bits per heavy atom. The van der Waals surface area contributed by atoms with Gasteiger partial charge in [-0.1, -0.05) is 23.2 Å². The molecule has 2 aromatic rings. The van der Waals surface area contributed by atoms with E-state index in [1.165, 1.54) is 6.20 Å². The molecule has 0 amide bonds. The second-order valence-corrected chi connectivity index (χ2v) is 3.64. The molecule has 0 unspecified atom stereocenters. The number of nitrogens with zero attached hydrogens (tertiary/aromatic N) is 2. The first-order chi connectivity index (χ1) is 6.70. The monoisotopic (exact) mass is 222 g/mol. The molecule has 2 nitrogen and oxygen atoms in total. The van der Waals surface area contributed by atoms with Gasteiger partial charge >= 0.3 is 0 Å². The molecule has 0 aliphatic heterocycles. The highest BCUT2D eigenvalue weighted by atomic mass is 35.5. The molecule has 0 N–H and O–H groups in total. The summed E-state index contributed by atoms with van der Waals surface area (Å²) in [4.78, 5) is 4.08. The Bertz CT molecular complexity index is 544. The molecule has 0 saturated carbocycles. The summed E-state index contributed by atoms with van der Waals surface area (Å²) in [5.74, 6) is 0. The minimum Gasteiger partial charge on any atom is -0.253 e. The fourth-order valence-corrected chi connectivity index (χ4v) is 1.68. The third kappa shape index (κ3) is 1.52. The zero-order valence-electron chi connectivity index (χ0n) is 6.96. The Labute approximate surface area is 90.7 Å². The molecule has 0 aliphatic rings. The molecule has 0 saturated heterocycles. The first-order valence-electron chi connectivity index (χ1n) is 3.85. The average Bonchev–Trinajstić information content (AvgIpc) is 2.16. The Morgan fingerprint density at radius 2 is 2.00 bits per heavy atom. The SMILES string of the molecule is N#Cc1cc(Cl)c2ncc(Cl)cc2c1. The van der Waals surface area contributed by atoms with E-state index < -0.39 is 0 Å². The number of aromatic nitrogens is 1. The number of hydrogen-bond donors (Lipinski definition) is 0. The molecule has 0 bridgehead atoms. The van der Waals surface area contributed by atoms with Gasteiger partial charge in [0.05, 0.1) is 27.2 Å². The predicted molar refractivity (Wildman–Crippen MR) is 56.5 cm³/mol. The predicted octanol–water partition coefficient (Wildman–Crippen LogP) is 3.41. The molecule has 0 aliphatic carbocycles. The fraction of sp³-hybridized carbons (Fsp3) is 0. The standard InChI is InChI=1S/C10H4Cl2N2/c11-8-3-7-1-6(4-13)2-9(12)10(7)14-5-8/h1-3,5H. The molecule has 2 rings (SSSR count). The van der Waals surface area contributed by atoms with Gasteiger partial charge < -0.3 is 0 Å². The Balaban J connectivity index is 2.85. The van der Waals surface area contributed by atoms with Crippen LogP contribution < -0.4 is 0 Å². The van der Waals surface area contributed by atoms with Crippen LogP contribution in [-0.4, -0.2) is 4.98 Å². The van der Waals surface area contributed by atoms with Gasteiger partial charge in [0.2, 0.25) is 0 Å². The van der Waals surface area contributed by atoms with Crippen molar-refractivity contribution in [3.63, 3.8) is 0 Å². The van der Waals surface area contributed by atoms with Crippen molar-refractivity contribution in [1.29, 1.82) is 5.26 Å². The molecular weight excluding hydrogens is 219 g/mol. The molecule has 1 aromatic carbocycles. The lowest BCUT2D eigenvalue weighted by Crippen LogP contribution is -1.82. The normalized spacial score (nSPS) is 10.1. The number of nitriles is 1. The number of rotatable bonds is 0. The number of pyridine rings is 1. The van der Waals surface area contributed by atoms with Crippen molar-refractivity contribution in [3.05, 3.63) is 40.0 Å². The lowest BCUT2D eigenvalue weighted by atomic mass is 10.1. The summed E-state index contributed by atoms with van der Waals surface area (Å²) < 4.78 is 0. The first-order valence-corrected chi connectivity index (χ1v) is 4.61. The van der Waals surface area contributed by atoms with Crippen molar-refractivity contribution in [3.8, 4) is 6.07 Å². The molecule has 1 heterocycles. The van der Waals surface area contributed by atoms with Crippen LogP contribution in [0.5, 0.6) is 0 Å². The van der Waals surface area contributed by atoms with Gasteiger partial charge in [-0.3, -0.25) is 4.98 Å². The van der Waals surface area contributed by atoms with Crippen molar-refractivity contribution in [2.75, 3.05) is 0 Å². The van der Waals surface area contributed by atoms with Gasteiger partial charge in [0, 0.05) is 11.6 Å². The van der Waals surface area contributed by atoms with Gasteiger partial charge in [-0.25, -0.2) is 0 Å². The van der Waals surface area contributed by atoms with Crippen LogP contribution in [0.3, 0.4) is 0 Å². The fourth-order valence-electron chi connectivity index (χ4n) is 1.24. The van der Waals surface area contributed by atoms with E-state index in [1.807, 2.05) is 6.07 Å². The van der Waals surface area contributed by atoms with Gasteiger partial charge in [-0.05, 0) is 18.2 Å². The van der Waals surface area contributed by atoms with Crippen LogP contribution in [-0.2, 0) is 0 Å². The summed E-state index contributed by atoms with van der Waals surface area (Å²) in [7, 11) is 0. The maximum absolute atomic E-state index is 8.73. The molecule has 4 heteroatoms. The lowest BCUT2D eigenvalue weighted by Gasteiger charge is -2.00. The Kier molecular flexibility index (Phi) is 2.28. The molecule has 0 fully saturated rings. The van der Waals surface area contributed by atoms with Crippen LogP contribution in [0.2, 0.25) is 10.0 Å². The number of fused-ring (bicyclic) bond motifs is 1. The summed E-state index contributed by atoms with van der Waals surface area (Å²) in [6.07, 6.45) is 1.53. The van der Waals surface area contributed by atoms with Gasteiger partial charge in [0.25, 0.3) is 0 Å². The molecule has 0 spiro atoms. The van der Waals surface area contributed by atoms with E-state index in [0.29, 0.717) is 21.1 Å². The maximum atomic E-state index is 8.73. The van der Waals surface area contributed by atoms with Crippen LogP contribution in [0, 0.1) is 11.3 Å². The van der Waals surface area contributed by atoms with E-state index in [1.54, 1.807) is 18.2 Å².